The summed E-state index contributed by atoms with van der Waals surface area (Å²) < 4.78 is 2.51. The Bertz CT molecular complexity index is 717. The van der Waals surface area contributed by atoms with Crippen LogP contribution in [0.25, 0.3) is 0 Å². The number of hydrogen-bond donors (Lipinski definition) is 1. The van der Waals surface area contributed by atoms with Crippen LogP contribution in [0.15, 0.2) is 40.1 Å². The first-order valence-electron chi connectivity index (χ1n) is 6.19. The van der Waals surface area contributed by atoms with Gasteiger partial charge in [-0.25, -0.2) is 4.79 Å². The van der Waals surface area contributed by atoms with Gasteiger partial charge in [-0.2, -0.15) is 0 Å². The van der Waals surface area contributed by atoms with Gasteiger partial charge in [0, 0.05) is 44.0 Å². The summed E-state index contributed by atoms with van der Waals surface area (Å²) in [4.78, 5) is 23.5. The standard InChI is InChI=1S/C14H16ClN3O2/c1-17-9-11(13(19)18(2)14(17)20)8-16-7-10-3-5-12(15)6-4-10/h3-6,9,16H,7-8H2,1-2H3. The third kappa shape index (κ3) is 3.18. The average molecular weight is 294 g/mol. The second-order valence-electron chi connectivity index (χ2n) is 4.64. The van der Waals surface area contributed by atoms with E-state index in [0.717, 1.165) is 10.1 Å². The van der Waals surface area contributed by atoms with Gasteiger partial charge in [0.2, 0.25) is 0 Å². The van der Waals surface area contributed by atoms with Gasteiger partial charge in [0.05, 0.1) is 0 Å². The topological polar surface area (TPSA) is 56.0 Å². The zero-order valence-corrected chi connectivity index (χ0v) is 12.1. The second-order valence-corrected chi connectivity index (χ2v) is 5.08. The number of aryl methyl sites for hydroxylation is 1. The molecule has 0 aliphatic heterocycles. The van der Waals surface area contributed by atoms with Crippen LogP contribution >= 0.6 is 11.6 Å². The van der Waals surface area contributed by atoms with Gasteiger partial charge in [0.25, 0.3) is 5.56 Å². The number of benzene rings is 1. The van der Waals surface area contributed by atoms with E-state index < -0.39 is 0 Å². The summed E-state index contributed by atoms with van der Waals surface area (Å²) in [5, 5.41) is 3.88. The maximum absolute atomic E-state index is 11.9. The number of aromatic nitrogens is 2. The molecule has 0 atom stereocenters. The van der Waals surface area contributed by atoms with Crippen LogP contribution in [0.2, 0.25) is 5.02 Å². The van der Waals surface area contributed by atoms with Crippen LogP contribution in [0.4, 0.5) is 0 Å². The van der Waals surface area contributed by atoms with E-state index in [1.807, 2.05) is 24.3 Å². The van der Waals surface area contributed by atoms with Crippen molar-refractivity contribution in [3.63, 3.8) is 0 Å². The maximum atomic E-state index is 11.9. The molecule has 1 N–H and O–H groups in total. The summed E-state index contributed by atoms with van der Waals surface area (Å²) >= 11 is 5.82. The molecule has 6 heteroatoms. The van der Waals surface area contributed by atoms with E-state index in [4.69, 9.17) is 11.6 Å². The number of nitrogens with zero attached hydrogens (tertiary/aromatic N) is 2. The predicted octanol–water partition coefficient (Wildman–Crippen LogP) is 1.03. The van der Waals surface area contributed by atoms with Gasteiger partial charge >= 0.3 is 5.69 Å². The van der Waals surface area contributed by atoms with Crippen molar-refractivity contribution in [3.8, 4) is 0 Å². The van der Waals surface area contributed by atoms with Gasteiger partial charge in [-0.3, -0.25) is 9.36 Å². The summed E-state index contributed by atoms with van der Waals surface area (Å²) in [5.41, 5.74) is 1.05. The predicted molar refractivity (Wildman–Crippen MR) is 78.9 cm³/mol. The molecule has 0 saturated heterocycles. The smallest absolute Gasteiger partial charge is 0.308 e. The van der Waals surface area contributed by atoms with Crippen molar-refractivity contribution in [1.29, 1.82) is 0 Å². The van der Waals surface area contributed by atoms with Crippen molar-refractivity contribution in [2.24, 2.45) is 14.1 Å². The first-order valence-corrected chi connectivity index (χ1v) is 6.57. The molecule has 0 fully saturated rings. The third-order valence-electron chi connectivity index (χ3n) is 3.08. The fourth-order valence-corrected chi connectivity index (χ4v) is 2.07. The SMILES string of the molecule is Cn1cc(CNCc2ccc(Cl)cc2)c(=O)n(C)c1=O. The molecular formula is C14H16ClN3O2. The molecule has 1 aromatic heterocycles. The lowest BCUT2D eigenvalue weighted by Crippen LogP contribution is -2.39. The lowest BCUT2D eigenvalue weighted by atomic mass is 10.2. The Morgan fingerprint density at radius 2 is 1.75 bits per heavy atom. The van der Waals surface area contributed by atoms with Gasteiger partial charge < -0.3 is 9.88 Å². The molecule has 2 rings (SSSR count). The minimum Gasteiger partial charge on any atom is -0.308 e. The van der Waals surface area contributed by atoms with Crippen molar-refractivity contribution in [2.45, 2.75) is 13.1 Å². The normalized spacial score (nSPS) is 10.8. The molecule has 2 aromatic rings. The monoisotopic (exact) mass is 293 g/mol. The van der Waals surface area contributed by atoms with Gasteiger partial charge in [0.15, 0.2) is 0 Å². The molecule has 1 aromatic carbocycles. The summed E-state index contributed by atoms with van der Waals surface area (Å²) in [5.74, 6) is 0. The van der Waals surface area contributed by atoms with Gasteiger partial charge in [-0.15, -0.1) is 0 Å². The zero-order chi connectivity index (χ0) is 14.7. The van der Waals surface area contributed by atoms with Gasteiger partial charge in [0.1, 0.15) is 0 Å². The molecule has 5 nitrogen and oxygen atoms in total. The molecular weight excluding hydrogens is 278 g/mol. The summed E-state index contributed by atoms with van der Waals surface area (Å²) in [6, 6.07) is 7.50. The fourth-order valence-electron chi connectivity index (χ4n) is 1.95. The molecule has 0 amide bonds. The Kier molecular flexibility index (Phi) is 4.42. The summed E-state index contributed by atoms with van der Waals surface area (Å²) in [6.07, 6.45) is 1.57. The van der Waals surface area contributed by atoms with Gasteiger partial charge in [-0.1, -0.05) is 23.7 Å². The number of halogens is 1. The lowest BCUT2D eigenvalue weighted by Gasteiger charge is -2.08. The summed E-state index contributed by atoms with van der Waals surface area (Å²) in [7, 11) is 3.11. The molecule has 0 aliphatic carbocycles. The van der Waals surface area contributed by atoms with Crippen molar-refractivity contribution >= 4 is 11.6 Å². The van der Waals surface area contributed by atoms with E-state index in [1.165, 1.54) is 11.6 Å². The van der Waals surface area contributed by atoms with Crippen molar-refractivity contribution < 1.29 is 0 Å². The van der Waals surface area contributed by atoms with E-state index in [2.05, 4.69) is 5.32 Å². The molecule has 0 bridgehead atoms. The quantitative estimate of drug-likeness (QED) is 0.916. The highest BCUT2D eigenvalue weighted by Crippen LogP contribution is 2.09. The highest BCUT2D eigenvalue weighted by molar-refractivity contribution is 6.30. The van der Waals surface area contributed by atoms with Gasteiger partial charge in [-0.05, 0) is 17.7 Å². The lowest BCUT2D eigenvalue weighted by molar-refractivity contribution is 0.630. The van der Waals surface area contributed by atoms with Crippen LogP contribution in [0.3, 0.4) is 0 Å². The Labute approximate surface area is 121 Å². The largest absolute Gasteiger partial charge is 0.330 e. The molecule has 0 unspecified atom stereocenters. The number of hydrogen-bond acceptors (Lipinski definition) is 3. The second kappa shape index (κ2) is 6.07. The highest BCUT2D eigenvalue weighted by atomic mass is 35.5. The van der Waals surface area contributed by atoms with Crippen LogP contribution in [0, 0.1) is 0 Å². The molecule has 20 heavy (non-hydrogen) atoms. The minimum atomic E-state index is -0.323. The van der Waals surface area contributed by atoms with E-state index in [-0.39, 0.29) is 11.2 Å². The van der Waals surface area contributed by atoms with E-state index >= 15 is 0 Å². The zero-order valence-electron chi connectivity index (χ0n) is 11.4. The van der Waals surface area contributed by atoms with Crippen LogP contribution in [-0.4, -0.2) is 9.13 Å². The first-order chi connectivity index (χ1) is 9.49. The molecule has 0 spiro atoms. The van der Waals surface area contributed by atoms with E-state index in [1.54, 1.807) is 13.2 Å². The van der Waals surface area contributed by atoms with Crippen LogP contribution in [-0.2, 0) is 27.2 Å². The van der Waals surface area contributed by atoms with Crippen molar-refractivity contribution in [1.82, 2.24) is 14.5 Å². The molecule has 106 valence electrons. The van der Waals surface area contributed by atoms with Crippen LogP contribution in [0.5, 0.6) is 0 Å². The third-order valence-corrected chi connectivity index (χ3v) is 3.33. The average Bonchev–Trinajstić information content (AvgIpc) is 2.44. The van der Waals surface area contributed by atoms with Crippen molar-refractivity contribution in [2.75, 3.05) is 0 Å². The Morgan fingerprint density at radius 3 is 2.40 bits per heavy atom. The molecule has 0 aliphatic rings. The van der Waals surface area contributed by atoms with E-state index in [0.29, 0.717) is 23.7 Å². The van der Waals surface area contributed by atoms with Crippen LogP contribution < -0.4 is 16.6 Å². The number of rotatable bonds is 4. The van der Waals surface area contributed by atoms with Crippen LogP contribution in [0.1, 0.15) is 11.1 Å². The maximum Gasteiger partial charge on any atom is 0.330 e. The Balaban J connectivity index is 2.07. The number of nitrogens with one attached hydrogen (secondary N) is 1. The Morgan fingerprint density at radius 1 is 1.10 bits per heavy atom. The van der Waals surface area contributed by atoms with Crippen molar-refractivity contribution in [3.05, 3.63) is 67.4 Å². The fraction of sp³-hybridized carbons (Fsp3) is 0.286. The minimum absolute atomic E-state index is 0.267. The summed E-state index contributed by atoms with van der Waals surface area (Å²) in [6.45, 7) is 1.03. The first kappa shape index (κ1) is 14.6. The van der Waals surface area contributed by atoms with E-state index in [9.17, 15) is 9.59 Å². The Hall–Kier alpha value is -1.85. The highest BCUT2D eigenvalue weighted by Gasteiger charge is 2.06. The molecule has 0 saturated carbocycles. The molecule has 0 radical (unpaired) electrons. The molecule has 1 heterocycles.